The van der Waals surface area contributed by atoms with Crippen molar-refractivity contribution in [2.75, 3.05) is 20.2 Å². The van der Waals surface area contributed by atoms with Crippen LogP contribution in [0.15, 0.2) is 53.5 Å². The molecule has 3 aromatic rings. The molecule has 0 N–H and O–H groups in total. The normalized spacial score (nSPS) is 17.0. The zero-order chi connectivity index (χ0) is 19.3. The second-order valence-corrected chi connectivity index (χ2v) is 7.06. The van der Waals surface area contributed by atoms with Gasteiger partial charge >= 0.3 is 0 Å². The molecule has 4 heterocycles. The molecule has 1 aliphatic rings. The van der Waals surface area contributed by atoms with E-state index in [2.05, 4.69) is 14.5 Å². The van der Waals surface area contributed by atoms with Gasteiger partial charge in [0, 0.05) is 57.4 Å². The predicted octanol–water partition coefficient (Wildman–Crippen LogP) is 3.09. The van der Waals surface area contributed by atoms with Crippen LogP contribution in [-0.2, 0) is 17.9 Å². The largest absolute Gasteiger partial charge is 0.453 e. The van der Waals surface area contributed by atoms with Crippen molar-refractivity contribution in [3.63, 3.8) is 0 Å². The third-order valence-electron chi connectivity index (χ3n) is 5.08. The predicted molar refractivity (Wildman–Crippen MR) is 103 cm³/mol. The van der Waals surface area contributed by atoms with E-state index in [1.807, 2.05) is 29.4 Å². The third kappa shape index (κ3) is 3.99. The number of carbonyl (C=O) groups is 1. The molecule has 0 aliphatic carbocycles. The van der Waals surface area contributed by atoms with Crippen LogP contribution in [0.25, 0.3) is 0 Å². The van der Waals surface area contributed by atoms with Crippen LogP contribution < -0.4 is 0 Å². The monoisotopic (exact) mass is 380 g/mol. The molecule has 0 bridgehead atoms. The first-order valence-electron chi connectivity index (χ1n) is 9.51. The van der Waals surface area contributed by atoms with E-state index >= 15 is 0 Å². The molecule has 146 valence electrons. The van der Waals surface area contributed by atoms with Crippen molar-refractivity contribution in [2.45, 2.75) is 31.9 Å². The molecule has 0 aromatic carbocycles. The van der Waals surface area contributed by atoms with Crippen LogP contribution in [0.2, 0.25) is 0 Å². The van der Waals surface area contributed by atoms with Gasteiger partial charge in [0.05, 0.1) is 0 Å². The maximum Gasteiger partial charge on any atom is 0.289 e. The van der Waals surface area contributed by atoms with Crippen molar-refractivity contribution in [3.05, 3.63) is 72.0 Å². The molecule has 1 fully saturated rings. The highest BCUT2D eigenvalue weighted by Crippen LogP contribution is 2.27. The lowest BCUT2D eigenvalue weighted by Crippen LogP contribution is -2.39. The molecule has 1 aliphatic heterocycles. The Morgan fingerprint density at radius 1 is 1.25 bits per heavy atom. The Labute approximate surface area is 164 Å². The molecule has 1 amide bonds. The molecule has 0 saturated carbocycles. The van der Waals surface area contributed by atoms with E-state index in [-0.39, 0.29) is 11.8 Å². The lowest BCUT2D eigenvalue weighted by atomic mass is 9.96. The third-order valence-corrected chi connectivity index (χ3v) is 5.08. The van der Waals surface area contributed by atoms with E-state index in [1.165, 1.54) is 5.56 Å². The van der Waals surface area contributed by atoms with E-state index < -0.39 is 0 Å². The number of nitrogens with zero attached hydrogens (tertiary/aromatic N) is 4. The topological polar surface area (TPSA) is 73.4 Å². The van der Waals surface area contributed by atoms with Gasteiger partial charge in [0.1, 0.15) is 18.2 Å². The lowest BCUT2D eigenvalue weighted by Gasteiger charge is -2.32. The summed E-state index contributed by atoms with van der Waals surface area (Å²) in [6, 6.07) is 7.54. The molecule has 4 rings (SSSR count). The minimum atomic E-state index is -0.0701. The van der Waals surface area contributed by atoms with Gasteiger partial charge < -0.3 is 18.6 Å². The molecular formula is C21H24N4O3. The molecule has 28 heavy (non-hydrogen) atoms. The van der Waals surface area contributed by atoms with E-state index in [0.717, 1.165) is 31.8 Å². The number of ether oxygens (including phenoxy) is 1. The average molecular weight is 380 g/mol. The number of piperidine rings is 1. The summed E-state index contributed by atoms with van der Waals surface area (Å²) >= 11 is 0. The zero-order valence-electron chi connectivity index (χ0n) is 16.0. The van der Waals surface area contributed by atoms with Crippen molar-refractivity contribution in [2.24, 2.45) is 0 Å². The lowest BCUT2D eigenvalue weighted by molar-refractivity contribution is 0.0664. The van der Waals surface area contributed by atoms with Crippen LogP contribution in [0.3, 0.4) is 0 Å². The van der Waals surface area contributed by atoms with Crippen LogP contribution in [0.5, 0.6) is 0 Å². The molecule has 1 saturated heterocycles. The fourth-order valence-electron chi connectivity index (χ4n) is 3.74. The highest BCUT2D eigenvalue weighted by Gasteiger charge is 2.29. The fraction of sp³-hybridized carbons (Fsp3) is 0.381. The number of amides is 1. The van der Waals surface area contributed by atoms with Crippen LogP contribution in [0.1, 0.15) is 46.5 Å². The summed E-state index contributed by atoms with van der Waals surface area (Å²) in [5.74, 6) is 2.19. The van der Waals surface area contributed by atoms with Crippen LogP contribution in [-0.4, -0.2) is 45.5 Å². The zero-order valence-corrected chi connectivity index (χ0v) is 16.0. The Morgan fingerprint density at radius 2 is 2.11 bits per heavy atom. The van der Waals surface area contributed by atoms with Gasteiger partial charge in [-0.05, 0) is 42.7 Å². The molecule has 7 heteroatoms. The van der Waals surface area contributed by atoms with Gasteiger partial charge in [0.15, 0.2) is 5.76 Å². The summed E-state index contributed by atoms with van der Waals surface area (Å²) in [5.41, 5.74) is 1.18. The average Bonchev–Trinajstić information content (AvgIpc) is 3.38. The van der Waals surface area contributed by atoms with Gasteiger partial charge in [-0.15, -0.1) is 0 Å². The molecule has 1 unspecified atom stereocenters. The van der Waals surface area contributed by atoms with Gasteiger partial charge in [-0.2, -0.15) is 0 Å². The maximum atomic E-state index is 12.9. The van der Waals surface area contributed by atoms with Crippen molar-refractivity contribution in [1.82, 2.24) is 19.4 Å². The summed E-state index contributed by atoms with van der Waals surface area (Å²) in [5, 5.41) is 0. The smallest absolute Gasteiger partial charge is 0.289 e. The van der Waals surface area contributed by atoms with Gasteiger partial charge in [0.2, 0.25) is 0 Å². The van der Waals surface area contributed by atoms with Gasteiger partial charge in [-0.1, -0.05) is 0 Å². The first-order chi connectivity index (χ1) is 13.7. The molecule has 7 nitrogen and oxygen atoms in total. The number of pyridine rings is 1. The van der Waals surface area contributed by atoms with E-state index in [1.54, 1.807) is 31.6 Å². The number of hydrogen-bond donors (Lipinski definition) is 0. The molecule has 3 aromatic heterocycles. The Balaban J connectivity index is 1.47. The number of methoxy groups -OCH3 is 1. The summed E-state index contributed by atoms with van der Waals surface area (Å²) < 4.78 is 12.8. The number of furan rings is 1. The fourth-order valence-corrected chi connectivity index (χ4v) is 3.74. The highest BCUT2D eigenvalue weighted by molar-refractivity contribution is 5.91. The standard InChI is InChI=1S/C21H24N4O3/c1-27-15-18-4-5-19(28-18)21(26)25-11-2-3-17(14-25)20-23-10-12-24(20)13-16-6-8-22-9-7-16/h4-10,12,17H,2-3,11,13-15H2,1H3. The maximum absolute atomic E-state index is 12.9. The molecule has 0 spiro atoms. The second-order valence-electron chi connectivity index (χ2n) is 7.06. The van der Waals surface area contributed by atoms with Crippen molar-refractivity contribution in [3.8, 4) is 0 Å². The Hall–Kier alpha value is -2.93. The van der Waals surface area contributed by atoms with Gasteiger partial charge in [0.25, 0.3) is 5.91 Å². The summed E-state index contributed by atoms with van der Waals surface area (Å²) in [4.78, 5) is 23.4. The molecule has 1 atom stereocenters. The van der Waals surface area contributed by atoms with Crippen LogP contribution in [0.4, 0.5) is 0 Å². The van der Waals surface area contributed by atoms with Crippen molar-refractivity contribution < 1.29 is 13.9 Å². The Kier molecular flexibility index (Phi) is 5.53. The number of rotatable bonds is 6. The minimum absolute atomic E-state index is 0.0701. The van der Waals surface area contributed by atoms with E-state index in [4.69, 9.17) is 9.15 Å². The van der Waals surface area contributed by atoms with Gasteiger partial charge in [-0.3, -0.25) is 9.78 Å². The van der Waals surface area contributed by atoms with Gasteiger partial charge in [-0.25, -0.2) is 4.98 Å². The number of carbonyl (C=O) groups excluding carboxylic acids is 1. The summed E-state index contributed by atoms with van der Waals surface area (Å²) in [7, 11) is 1.60. The number of aromatic nitrogens is 3. The summed E-state index contributed by atoms with van der Waals surface area (Å²) in [6.45, 7) is 2.50. The Morgan fingerprint density at radius 3 is 2.93 bits per heavy atom. The van der Waals surface area contributed by atoms with Crippen molar-refractivity contribution in [1.29, 1.82) is 0 Å². The van der Waals surface area contributed by atoms with Crippen molar-refractivity contribution >= 4 is 5.91 Å². The summed E-state index contributed by atoms with van der Waals surface area (Å²) in [6.07, 6.45) is 9.40. The SMILES string of the molecule is COCc1ccc(C(=O)N2CCCC(c3nccn3Cc3ccncc3)C2)o1. The van der Waals surface area contributed by atoms with Crippen LogP contribution >= 0.6 is 0 Å². The van der Waals surface area contributed by atoms with E-state index in [9.17, 15) is 4.79 Å². The molecule has 0 radical (unpaired) electrons. The van der Waals surface area contributed by atoms with E-state index in [0.29, 0.717) is 24.7 Å². The first kappa shape index (κ1) is 18.4. The number of likely N-dealkylation sites (tertiary alicyclic amines) is 1. The Bertz CT molecular complexity index is 919. The minimum Gasteiger partial charge on any atom is -0.453 e. The highest BCUT2D eigenvalue weighted by atomic mass is 16.5. The molecular weight excluding hydrogens is 356 g/mol. The second kappa shape index (κ2) is 8.39. The quantitative estimate of drug-likeness (QED) is 0.657. The number of imidazole rings is 1. The number of hydrogen-bond acceptors (Lipinski definition) is 5. The first-order valence-corrected chi connectivity index (χ1v) is 9.51. The van der Waals surface area contributed by atoms with Crippen LogP contribution in [0, 0.1) is 0 Å².